The Hall–Kier alpha value is -2.35. The molecule has 0 spiro atoms. The number of amides is 2. The van der Waals surface area contributed by atoms with E-state index in [2.05, 4.69) is 15.9 Å². The van der Waals surface area contributed by atoms with Gasteiger partial charge < -0.3 is 19.0 Å². The Bertz CT molecular complexity index is 939. The molecule has 7 nitrogen and oxygen atoms in total. The lowest BCUT2D eigenvalue weighted by Gasteiger charge is -2.32. The van der Waals surface area contributed by atoms with Gasteiger partial charge in [0.05, 0.1) is 19.1 Å². The number of fused-ring (bicyclic) bond motifs is 1. The van der Waals surface area contributed by atoms with Crippen LogP contribution in [-0.2, 0) is 14.3 Å². The number of esters is 1. The highest BCUT2D eigenvalue weighted by Crippen LogP contribution is 2.28. The molecule has 2 heterocycles. The lowest BCUT2D eigenvalue weighted by atomic mass is 9.98. The summed E-state index contributed by atoms with van der Waals surface area (Å²) in [6.07, 6.45) is 1.45. The van der Waals surface area contributed by atoms with Gasteiger partial charge in [-0.25, -0.2) is 0 Å². The topological polar surface area (TPSA) is 80.1 Å². The van der Waals surface area contributed by atoms with Crippen LogP contribution >= 0.6 is 15.9 Å². The number of carbonyl (C=O) groups excluding carboxylic acids is 3. The first-order valence-corrected chi connectivity index (χ1v) is 10.5. The second-order valence-electron chi connectivity index (χ2n) is 7.29. The first-order valence-electron chi connectivity index (χ1n) is 9.70. The number of rotatable bonds is 5. The predicted molar refractivity (Wildman–Crippen MR) is 112 cm³/mol. The van der Waals surface area contributed by atoms with Gasteiger partial charge in [0.25, 0.3) is 5.91 Å². The van der Waals surface area contributed by atoms with Crippen LogP contribution in [-0.4, -0.2) is 60.9 Å². The molecule has 2 aromatic rings. The van der Waals surface area contributed by atoms with E-state index in [1.807, 2.05) is 19.1 Å². The monoisotopic (exact) mass is 464 g/mol. The van der Waals surface area contributed by atoms with Crippen LogP contribution in [0.5, 0.6) is 0 Å². The van der Waals surface area contributed by atoms with Crippen molar-refractivity contribution in [2.24, 2.45) is 5.92 Å². The summed E-state index contributed by atoms with van der Waals surface area (Å²) in [5.41, 5.74) is 1.37. The number of nitrogens with zero attached hydrogens (tertiary/aromatic N) is 2. The van der Waals surface area contributed by atoms with E-state index in [-0.39, 0.29) is 36.0 Å². The van der Waals surface area contributed by atoms with Gasteiger partial charge >= 0.3 is 5.97 Å². The molecule has 1 aliphatic heterocycles. The molecule has 1 aromatic carbocycles. The smallest absolute Gasteiger partial charge is 0.310 e. The molecular weight excluding hydrogens is 440 g/mol. The van der Waals surface area contributed by atoms with E-state index in [9.17, 15) is 14.4 Å². The van der Waals surface area contributed by atoms with Crippen LogP contribution in [0.1, 0.15) is 35.9 Å². The third kappa shape index (κ3) is 4.63. The van der Waals surface area contributed by atoms with Crippen molar-refractivity contribution in [3.63, 3.8) is 0 Å². The number of carbonyl (C=O) groups is 3. The van der Waals surface area contributed by atoms with Crippen LogP contribution < -0.4 is 0 Å². The van der Waals surface area contributed by atoms with Gasteiger partial charge in [-0.3, -0.25) is 14.4 Å². The SMILES string of the molecule is CCOC(=O)C1CCCN(C(=O)CN(C)C(=O)c2oc3ccc(Br)cc3c2C)C1. The van der Waals surface area contributed by atoms with Crippen LogP contribution in [0.4, 0.5) is 0 Å². The highest BCUT2D eigenvalue weighted by atomic mass is 79.9. The number of furan rings is 1. The lowest BCUT2D eigenvalue weighted by Crippen LogP contribution is -2.47. The van der Waals surface area contributed by atoms with Gasteiger partial charge in [-0.1, -0.05) is 15.9 Å². The molecule has 1 fully saturated rings. The number of likely N-dealkylation sites (tertiary alicyclic amines) is 1. The summed E-state index contributed by atoms with van der Waals surface area (Å²) in [7, 11) is 1.58. The fourth-order valence-corrected chi connectivity index (χ4v) is 3.96. The molecule has 1 aliphatic rings. The van der Waals surface area contributed by atoms with E-state index >= 15 is 0 Å². The third-order valence-electron chi connectivity index (χ3n) is 5.21. The Morgan fingerprint density at radius 2 is 2.10 bits per heavy atom. The van der Waals surface area contributed by atoms with E-state index in [4.69, 9.17) is 9.15 Å². The Morgan fingerprint density at radius 3 is 2.83 bits per heavy atom. The number of aryl methyl sites for hydroxylation is 1. The molecule has 0 bridgehead atoms. The average Bonchev–Trinajstić information content (AvgIpc) is 3.03. The van der Waals surface area contributed by atoms with Gasteiger partial charge in [0.2, 0.25) is 5.91 Å². The number of piperidine rings is 1. The van der Waals surface area contributed by atoms with Crippen molar-refractivity contribution in [1.82, 2.24) is 9.80 Å². The van der Waals surface area contributed by atoms with Crippen molar-refractivity contribution in [1.29, 1.82) is 0 Å². The van der Waals surface area contributed by atoms with Crippen molar-refractivity contribution in [3.05, 3.63) is 34.0 Å². The minimum atomic E-state index is -0.345. The molecule has 1 aromatic heterocycles. The maximum Gasteiger partial charge on any atom is 0.310 e. The molecule has 1 saturated heterocycles. The number of hydrogen-bond acceptors (Lipinski definition) is 5. The van der Waals surface area contributed by atoms with E-state index < -0.39 is 0 Å². The summed E-state index contributed by atoms with van der Waals surface area (Å²) in [5, 5.41) is 0.857. The highest BCUT2D eigenvalue weighted by molar-refractivity contribution is 9.10. The normalized spacial score (nSPS) is 16.7. The first-order chi connectivity index (χ1) is 13.8. The fourth-order valence-electron chi connectivity index (χ4n) is 3.60. The van der Waals surface area contributed by atoms with Crippen LogP contribution in [0.2, 0.25) is 0 Å². The highest BCUT2D eigenvalue weighted by Gasteiger charge is 2.31. The molecule has 8 heteroatoms. The summed E-state index contributed by atoms with van der Waals surface area (Å²) in [4.78, 5) is 40.6. The zero-order valence-corrected chi connectivity index (χ0v) is 18.5. The van der Waals surface area contributed by atoms with Gasteiger partial charge in [-0.05, 0) is 44.9 Å². The predicted octanol–water partition coefficient (Wildman–Crippen LogP) is 3.38. The molecule has 0 N–H and O–H groups in total. The maximum atomic E-state index is 12.9. The van der Waals surface area contributed by atoms with Gasteiger partial charge in [-0.2, -0.15) is 0 Å². The maximum absolute atomic E-state index is 12.9. The number of halogens is 1. The zero-order chi connectivity index (χ0) is 21.1. The Labute approximate surface area is 178 Å². The van der Waals surface area contributed by atoms with Gasteiger partial charge in [0.1, 0.15) is 5.58 Å². The van der Waals surface area contributed by atoms with Crippen LogP contribution in [0.15, 0.2) is 27.1 Å². The standard InChI is InChI=1S/C21H25BrN2O5/c1-4-28-21(27)14-6-5-9-24(11-14)18(25)12-23(3)20(26)19-13(2)16-10-15(22)7-8-17(16)29-19/h7-8,10,14H,4-6,9,11-12H2,1-3H3. The Kier molecular flexibility index (Phi) is 6.62. The number of hydrogen-bond donors (Lipinski definition) is 0. The number of likely N-dealkylation sites (N-methyl/N-ethyl adjacent to an activating group) is 1. The lowest BCUT2D eigenvalue weighted by molar-refractivity contribution is -0.151. The van der Waals surface area contributed by atoms with E-state index in [0.717, 1.165) is 21.8 Å². The fraction of sp³-hybridized carbons (Fsp3) is 0.476. The summed E-state index contributed by atoms with van der Waals surface area (Å²) < 4.78 is 11.7. The third-order valence-corrected chi connectivity index (χ3v) is 5.70. The second-order valence-corrected chi connectivity index (χ2v) is 8.20. The van der Waals surface area contributed by atoms with Crippen LogP contribution in [0.3, 0.4) is 0 Å². The molecule has 29 heavy (non-hydrogen) atoms. The molecule has 2 amide bonds. The Morgan fingerprint density at radius 1 is 1.34 bits per heavy atom. The molecule has 156 valence electrons. The van der Waals surface area contributed by atoms with Gasteiger partial charge in [-0.15, -0.1) is 0 Å². The number of ether oxygens (including phenoxy) is 1. The number of benzene rings is 1. The first kappa shape index (κ1) is 21.4. The molecule has 1 unspecified atom stereocenters. The van der Waals surface area contributed by atoms with E-state index in [1.54, 1.807) is 24.9 Å². The molecule has 3 rings (SSSR count). The molecule has 0 radical (unpaired) electrons. The van der Waals surface area contributed by atoms with Crippen molar-refractivity contribution in [3.8, 4) is 0 Å². The minimum absolute atomic E-state index is 0.0748. The van der Waals surface area contributed by atoms with Crippen LogP contribution in [0, 0.1) is 12.8 Å². The van der Waals surface area contributed by atoms with Crippen molar-refractivity contribution in [2.45, 2.75) is 26.7 Å². The van der Waals surface area contributed by atoms with E-state index in [1.165, 1.54) is 4.90 Å². The summed E-state index contributed by atoms with van der Waals surface area (Å²) in [5.74, 6) is -0.867. The molecule has 0 aliphatic carbocycles. The van der Waals surface area contributed by atoms with Gasteiger partial charge in [0.15, 0.2) is 5.76 Å². The summed E-state index contributed by atoms with van der Waals surface area (Å²) in [6, 6.07) is 5.56. The van der Waals surface area contributed by atoms with Gasteiger partial charge in [0, 0.05) is 35.6 Å². The molecular formula is C21H25BrN2O5. The van der Waals surface area contributed by atoms with Crippen molar-refractivity contribution in [2.75, 3.05) is 33.3 Å². The molecule has 0 saturated carbocycles. The quantitative estimate of drug-likeness (QED) is 0.633. The average molecular weight is 465 g/mol. The molecule has 1 atom stereocenters. The largest absolute Gasteiger partial charge is 0.466 e. The minimum Gasteiger partial charge on any atom is -0.466 e. The Balaban J connectivity index is 1.67. The van der Waals surface area contributed by atoms with Crippen LogP contribution in [0.25, 0.3) is 11.0 Å². The zero-order valence-electron chi connectivity index (χ0n) is 16.9. The summed E-state index contributed by atoms with van der Waals surface area (Å²) >= 11 is 3.42. The summed E-state index contributed by atoms with van der Waals surface area (Å²) in [6.45, 7) is 4.76. The second kappa shape index (κ2) is 8.98. The van der Waals surface area contributed by atoms with E-state index in [0.29, 0.717) is 31.7 Å². The van der Waals surface area contributed by atoms with Crippen molar-refractivity contribution >= 4 is 44.7 Å². The van der Waals surface area contributed by atoms with Crippen molar-refractivity contribution < 1.29 is 23.5 Å².